The van der Waals surface area contributed by atoms with Gasteiger partial charge in [0.1, 0.15) is 17.1 Å². The smallest absolute Gasteiger partial charge is 0.137 e. The molecule has 0 fully saturated rings. The summed E-state index contributed by atoms with van der Waals surface area (Å²) >= 11 is 0. The van der Waals surface area contributed by atoms with Crippen LogP contribution >= 0.6 is 0 Å². The minimum Gasteiger partial charge on any atom is -0.497 e. The van der Waals surface area contributed by atoms with E-state index in [9.17, 15) is 0 Å². The van der Waals surface area contributed by atoms with E-state index in [1.54, 1.807) is 7.11 Å². The summed E-state index contributed by atoms with van der Waals surface area (Å²) in [5.74, 6) is 1.66. The molecular weight excluding hydrogens is 310 g/mol. The fraction of sp³-hybridized carbons (Fsp3) is 0.318. The van der Waals surface area contributed by atoms with Gasteiger partial charge in [-0.3, -0.25) is 4.99 Å². The maximum absolute atomic E-state index is 6.12. The van der Waals surface area contributed by atoms with Gasteiger partial charge in [-0.05, 0) is 24.6 Å². The number of fused-ring (bicyclic) bond motifs is 1. The van der Waals surface area contributed by atoms with Crippen molar-refractivity contribution in [3.63, 3.8) is 0 Å². The highest BCUT2D eigenvalue weighted by atomic mass is 16.5. The average Bonchev–Trinajstić information content (AvgIpc) is 2.68. The predicted octanol–water partition coefficient (Wildman–Crippen LogP) is 5.59. The van der Waals surface area contributed by atoms with Crippen LogP contribution in [0.5, 0.6) is 5.75 Å². The van der Waals surface area contributed by atoms with E-state index in [4.69, 9.17) is 14.1 Å². The molecule has 0 N–H and O–H groups in total. The third-order valence-corrected chi connectivity index (χ3v) is 4.30. The van der Waals surface area contributed by atoms with Gasteiger partial charge in [-0.15, -0.1) is 0 Å². The fourth-order valence-corrected chi connectivity index (χ4v) is 2.89. The molecule has 0 radical (unpaired) electrons. The molecule has 3 nitrogen and oxygen atoms in total. The third-order valence-electron chi connectivity index (χ3n) is 4.30. The molecule has 0 aliphatic carbocycles. The molecule has 0 unspecified atom stereocenters. The summed E-state index contributed by atoms with van der Waals surface area (Å²) in [6.07, 6.45) is 4.85. The van der Waals surface area contributed by atoms with Crippen molar-refractivity contribution in [2.24, 2.45) is 4.99 Å². The largest absolute Gasteiger partial charge is 0.497 e. The summed E-state index contributed by atoms with van der Waals surface area (Å²) in [4.78, 5) is 4.85. The Morgan fingerprint density at radius 1 is 0.960 bits per heavy atom. The first kappa shape index (κ1) is 17.3. The van der Waals surface area contributed by atoms with Gasteiger partial charge in [-0.25, -0.2) is 0 Å². The Balaban J connectivity index is 2.05. The zero-order valence-corrected chi connectivity index (χ0v) is 15.0. The van der Waals surface area contributed by atoms with Crippen molar-refractivity contribution in [2.75, 3.05) is 13.7 Å². The highest BCUT2D eigenvalue weighted by Crippen LogP contribution is 2.24. The Morgan fingerprint density at radius 2 is 1.80 bits per heavy atom. The molecule has 3 heteroatoms. The number of unbranched alkanes of at least 4 members (excludes halogenated alkanes) is 3. The number of nitrogens with zero attached hydrogens (tertiary/aromatic N) is 1. The van der Waals surface area contributed by atoms with Crippen LogP contribution in [-0.4, -0.2) is 13.7 Å². The average molecular weight is 335 g/mol. The number of hydrogen-bond donors (Lipinski definition) is 0. The highest BCUT2D eigenvalue weighted by molar-refractivity contribution is 5.80. The van der Waals surface area contributed by atoms with Crippen LogP contribution in [0.2, 0.25) is 0 Å². The van der Waals surface area contributed by atoms with E-state index in [2.05, 4.69) is 19.1 Å². The maximum atomic E-state index is 6.12. The summed E-state index contributed by atoms with van der Waals surface area (Å²) < 4.78 is 11.5. The van der Waals surface area contributed by atoms with Crippen molar-refractivity contribution in [2.45, 2.75) is 32.6 Å². The summed E-state index contributed by atoms with van der Waals surface area (Å²) in [7, 11) is 1.68. The number of methoxy groups -OCH3 is 1. The maximum Gasteiger partial charge on any atom is 0.137 e. The summed E-state index contributed by atoms with van der Waals surface area (Å²) in [6.45, 7) is 3.06. The molecule has 2 aromatic carbocycles. The van der Waals surface area contributed by atoms with E-state index in [0.717, 1.165) is 46.4 Å². The Labute approximate surface area is 149 Å². The molecule has 0 atom stereocenters. The molecule has 130 valence electrons. The van der Waals surface area contributed by atoms with E-state index >= 15 is 0 Å². The van der Waals surface area contributed by atoms with Crippen molar-refractivity contribution in [3.05, 3.63) is 60.0 Å². The second-order valence-electron chi connectivity index (χ2n) is 6.17. The van der Waals surface area contributed by atoms with Crippen LogP contribution in [0.25, 0.3) is 22.3 Å². The SMILES string of the molecule is CCCCCCN=c1cc(-c2ccccc2)oc2ccc(OC)cc12. The lowest BCUT2D eigenvalue weighted by Gasteiger charge is -2.07. The van der Waals surface area contributed by atoms with Crippen molar-refractivity contribution < 1.29 is 9.15 Å². The lowest BCUT2D eigenvalue weighted by molar-refractivity contribution is 0.415. The molecule has 0 spiro atoms. The lowest BCUT2D eigenvalue weighted by atomic mass is 10.1. The monoisotopic (exact) mass is 335 g/mol. The first-order valence-electron chi connectivity index (χ1n) is 8.99. The fourth-order valence-electron chi connectivity index (χ4n) is 2.89. The Bertz CT molecular complexity index is 881. The van der Waals surface area contributed by atoms with Crippen molar-refractivity contribution >= 4 is 11.0 Å². The Kier molecular flexibility index (Phi) is 5.89. The number of benzene rings is 2. The lowest BCUT2D eigenvalue weighted by Crippen LogP contribution is -2.05. The number of ether oxygens (including phenoxy) is 1. The van der Waals surface area contributed by atoms with Crippen molar-refractivity contribution in [1.29, 1.82) is 0 Å². The predicted molar refractivity (Wildman–Crippen MR) is 103 cm³/mol. The molecule has 0 aliphatic heterocycles. The zero-order chi connectivity index (χ0) is 17.5. The Hall–Kier alpha value is -2.55. The quantitative estimate of drug-likeness (QED) is 0.528. The topological polar surface area (TPSA) is 34.7 Å². The van der Waals surface area contributed by atoms with Crippen LogP contribution in [0.1, 0.15) is 32.6 Å². The van der Waals surface area contributed by atoms with Crippen LogP contribution in [0, 0.1) is 0 Å². The van der Waals surface area contributed by atoms with E-state index in [-0.39, 0.29) is 0 Å². The molecule has 0 bridgehead atoms. The summed E-state index contributed by atoms with van der Waals surface area (Å²) in [5.41, 5.74) is 1.89. The van der Waals surface area contributed by atoms with Gasteiger partial charge in [0.05, 0.1) is 12.5 Å². The van der Waals surface area contributed by atoms with Crippen LogP contribution in [0.15, 0.2) is 64.0 Å². The molecule has 0 saturated carbocycles. The molecule has 1 heterocycles. The standard InChI is InChI=1S/C22H25NO2/c1-3-4-5-9-14-23-20-16-22(17-10-7-6-8-11-17)25-21-13-12-18(24-2)15-19(20)21/h6-8,10-13,15-16H,3-5,9,14H2,1-2H3. The van der Waals surface area contributed by atoms with Gasteiger partial charge in [-0.1, -0.05) is 56.5 Å². The van der Waals surface area contributed by atoms with Crippen LogP contribution in [-0.2, 0) is 0 Å². The minimum atomic E-state index is 0.817. The molecule has 3 rings (SSSR count). The van der Waals surface area contributed by atoms with Gasteiger partial charge in [0.2, 0.25) is 0 Å². The highest BCUT2D eigenvalue weighted by Gasteiger charge is 2.07. The minimum absolute atomic E-state index is 0.817. The third kappa shape index (κ3) is 4.30. The Morgan fingerprint density at radius 3 is 2.56 bits per heavy atom. The first-order valence-corrected chi connectivity index (χ1v) is 8.99. The van der Waals surface area contributed by atoms with Crippen molar-refractivity contribution in [3.8, 4) is 17.1 Å². The second kappa shape index (κ2) is 8.52. The van der Waals surface area contributed by atoms with Crippen molar-refractivity contribution in [1.82, 2.24) is 0 Å². The normalized spacial score (nSPS) is 11.8. The van der Waals surface area contributed by atoms with E-state index in [1.165, 1.54) is 19.3 Å². The van der Waals surface area contributed by atoms with Gasteiger partial charge in [0, 0.05) is 23.6 Å². The van der Waals surface area contributed by atoms with Crippen LogP contribution in [0.3, 0.4) is 0 Å². The molecule has 0 aliphatic rings. The number of hydrogen-bond acceptors (Lipinski definition) is 3. The van der Waals surface area contributed by atoms with Gasteiger partial charge >= 0.3 is 0 Å². The van der Waals surface area contributed by atoms with E-state index in [1.807, 2.05) is 42.5 Å². The van der Waals surface area contributed by atoms with Gasteiger partial charge in [-0.2, -0.15) is 0 Å². The molecule has 3 aromatic rings. The molecule has 1 aromatic heterocycles. The first-order chi connectivity index (χ1) is 12.3. The molecule has 25 heavy (non-hydrogen) atoms. The molecular formula is C22H25NO2. The summed E-state index contributed by atoms with van der Waals surface area (Å²) in [6, 6.07) is 18.1. The molecule has 0 amide bonds. The van der Waals surface area contributed by atoms with Gasteiger partial charge < -0.3 is 9.15 Å². The van der Waals surface area contributed by atoms with E-state index < -0.39 is 0 Å². The van der Waals surface area contributed by atoms with Gasteiger partial charge in [0.25, 0.3) is 0 Å². The molecule has 0 saturated heterocycles. The second-order valence-corrected chi connectivity index (χ2v) is 6.17. The van der Waals surface area contributed by atoms with E-state index in [0.29, 0.717) is 0 Å². The van der Waals surface area contributed by atoms with Gasteiger partial charge in [0.15, 0.2) is 0 Å². The zero-order valence-electron chi connectivity index (χ0n) is 15.0. The summed E-state index contributed by atoms with van der Waals surface area (Å²) in [5, 5.41) is 1.96. The number of rotatable bonds is 7. The van der Waals surface area contributed by atoms with Crippen LogP contribution < -0.4 is 10.1 Å². The van der Waals surface area contributed by atoms with Crippen LogP contribution in [0.4, 0.5) is 0 Å².